The minimum atomic E-state index is 0.00396. The van der Waals surface area contributed by atoms with Crippen LogP contribution in [0, 0.1) is 18.3 Å². The summed E-state index contributed by atoms with van der Waals surface area (Å²) in [6, 6.07) is 3.69. The van der Waals surface area contributed by atoms with Crippen LogP contribution in [0.3, 0.4) is 0 Å². The van der Waals surface area contributed by atoms with Gasteiger partial charge in [-0.25, -0.2) is 9.97 Å². The van der Waals surface area contributed by atoms with Crippen LogP contribution in [0.5, 0.6) is 0 Å². The van der Waals surface area contributed by atoms with Gasteiger partial charge in [-0.1, -0.05) is 6.42 Å². The number of likely N-dealkylation sites (tertiary alicyclic amines) is 1. The Kier molecular flexibility index (Phi) is 4.68. The Morgan fingerprint density at radius 3 is 3.04 bits per heavy atom. The molecule has 6 heteroatoms. The number of aryl methyl sites for hydroxylation is 1. The Bertz CT molecular complexity index is 782. The first-order chi connectivity index (χ1) is 12.7. The lowest BCUT2D eigenvalue weighted by atomic mass is 9.81. The second-order valence-electron chi connectivity index (χ2n) is 7.53. The SMILES string of the molecule is Cc1ccncc1COC[C@@]12CCC[C@@H]1CN(C(=O)c1ccncn1)C2. The van der Waals surface area contributed by atoms with Crippen LogP contribution < -0.4 is 0 Å². The molecule has 136 valence electrons. The van der Waals surface area contributed by atoms with Crippen molar-refractivity contribution in [2.75, 3.05) is 19.7 Å². The lowest BCUT2D eigenvalue weighted by molar-refractivity contribution is 0.0262. The molecular formula is C20H24N4O2. The van der Waals surface area contributed by atoms with Gasteiger partial charge in [0.25, 0.3) is 5.91 Å². The fraction of sp³-hybridized carbons (Fsp3) is 0.500. The van der Waals surface area contributed by atoms with Crippen molar-refractivity contribution in [2.45, 2.75) is 32.8 Å². The molecule has 6 nitrogen and oxygen atoms in total. The molecule has 1 aliphatic carbocycles. The summed E-state index contributed by atoms with van der Waals surface area (Å²) in [4.78, 5) is 26.9. The Labute approximate surface area is 153 Å². The number of ether oxygens (including phenoxy) is 1. The summed E-state index contributed by atoms with van der Waals surface area (Å²) in [5.41, 5.74) is 2.89. The third-order valence-corrected chi connectivity index (χ3v) is 5.92. The summed E-state index contributed by atoms with van der Waals surface area (Å²) >= 11 is 0. The standard InChI is InChI=1S/C20H24N4O2/c1-15-4-7-21-9-16(15)11-26-13-20-6-2-3-17(20)10-24(12-20)19(25)18-5-8-22-14-23-18/h4-5,7-9,14,17H,2-3,6,10-13H2,1H3/t17-,20+/m1/s1. The normalized spacial score (nSPS) is 24.7. The fourth-order valence-electron chi connectivity index (χ4n) is 4.40. The van der Waals surface area contributed by atoms with Crippen molar-refractivity contribution < 1.29 is 9.53 Å². The molecule has 1 amide bonds. The molecule has 1 aliphatic heterocycles. The summed E-state index contributed by atoms with van der Waals surface area (Å²) < 4.78 is 6.12. The summed E-state index contributed by atoms with van der Waals surface area (Å²) in [6.45, 7) is 4.91. The number of carbonyl (C=O) groups is 1. The van der Waals surface area contributed by atoms with Crippen molar-refractivity contribution in [3.8, 4) is 0 Å². The lowest BCUT2D eigenvalue weighted by Crippen LogP contribution is -2.35. The van der Waals surface area contributed by atoms with Gasteiger partial charge in [0.15, 0.2) is 0 Å². The Balaban J connectivity index is 1.42. The van der Waals surface area contributed by atoms with Crippen LogP contribution in [0.2, 0.25) is 0 Å². The van der Waals surface area contributed by atoms with Crippen LogP contribution >= 0.6 is 0 Å². The second kappa shape index (κ2) is 7.11. The maximum atomic E-state index is 12.7. The smallest absolute Gasteiger partial charge is 0.272 e. The van der Waals surface area contributed by atoms with E-state index in [2.05, 4.69) is 21.9 Å². The van der Waals surface area contributed by atoms with E-state index in [0.29, 0.717) is 24.8 Å². The number of carbonyl (C=O) groups excluding carboxylic acids is 1. The van der Waals surface area contributed by atoms with Gasteiger partial charge in [0.2, 0.25) is 0 Å². The molecule has 1 saturated carbocycles. The zero-order valence-corrected chi connectivity index (χ0v) is 15.1. The number of pyridine rings is 1. The molecule has 0 radical (unpaired) electrons. The number of nitrogens with zero attached hydrogens (tertiary/aromatic N) is 4. The van der Waals surface area contributed by atoms with Crippen LogP contribution in [0.25, 0.3) is 0 Å². The first kappa shape index (κ1) is 17.1. The highest BCUT2D eigenvalue weighted by atomic mass is 16.5. The first-order valence-electron chi connectivity index (χ1n) is 9.20. The number of fused-ring (bicyclic) bond motifs is 1. The largest absolute Gasteiger partial charge is 0.376 e. The van der Waals surface area contributed by atoms with Crippen molar-refractivity contribution in [1.82, 2.24) is 19.9 Å². The van der Waals surface area contributed by atoms with E-state index in [1.807, 2.05) is 17.2 Å². The number of aromatic nitrogens is 3. The van der Waals surface area contributed by atoms with Crippen molar-refractivity contribution in [3.63, 3.8) is 0 Å². The summed E-state index contributed by atoms with van der Waals surface area (Å²) in [5.74, 6) is 0.521. The van der Waals surface area contributed by atoms with Gasteiger partial charge >= 0.3 is 0 Å². The van der Waals surface area contributed by atoms with Crippen molar-refractivity contribution in [3.05, 3.63) is 53.9 Å². The number of hydrogen-bond acceptors (Lipinski definition) is 5. The minimum Gasteiger partial charge on any atom is -0.376 e. The zero-order valence-electron chi connectivity index (χ0n) is 15.1. The third-order valence-electron chi connectivity index (χ3n) is 5.92. The van der Waals surface area contributed by atoms with E-state index < -0.39 is 0 Å². The molecule has 26 heavy (non-hydrogen) atoms. The molecule has 4 rings (SSSR count). The van der Waals surface area contributed by atoms with E-state index in [4.69, 9.17) is 4.74 Å². The van der Waals surface area contributed by atoms with Gasteiger partial charge < -0.3 is 9.64 Å². The molecule has 0 bridgehead atoms. The molecule has 3 heterocycles. The van der Waals surface area contributed by atoms with Crippen molar-refractivity contribution >= 4 is 5.91 Å². The topological polar surface area (TPSA) is 68.2 Å². The molecule has 2 atom stereocenters. The summed E-state index contributed by atoms with van der Waals surface area (Å²) in [7, 11) is 0. The van der Waals surface area contributed by atoms with Crippen LogP contribution in [0.1, 0.15) is 40.9 Å². The molecular weight excluding hydrogens is 328 g/mol. The van der Waals surface area contributed by atoms with Crippen molar-refractivity contribution in [2.24, 2.45) is 11.3 Å². The maximum absolute atomic E-state index is 12.7. The van der Waals surface area contributed by atoms with Crippen LogP contribution in [0.4, 0.5) is 0 Å². The van der Waals surface area contributed by atoms with Crippen LogP contribution in [-0.4, -0.2) is 45.5 Å². The molecule has 2 aromatic heterocycles. The minimum absolute atomic E-state index is 0.00396. The quantitative estimate of drug-likeness (QED) is 0.827. The molecule has 1 saturated heterocycles. The lowest BCUT2D eigenvalue weighted by Gasteiger charge is -2.28. The van der Waals surface area contributed by atoms with Crippen molar-refractivity contribution in [1.29, 1.82) is 0 Å². The molecule has 0 spiro atoms. The van der Waals surface area contributed by atoms with E-state index >= 15 is 0 Å². The highest BCUT2D eigenvalue weighted by Crippen LogP contribution is 2.49. The molecule has 0 N–H and O–H groups in total. The van der Waals surface area contributed by atoms with E-state index in [-0.39, 0.29) is 11.3 Å². The van der Waals surface area contributed by atoms with Crippen LogP contribution in [-0.2, 0) is 11.3 Å². The highest BCUT2D eigenvalue weighted by Gasteiger charge is 2.50. The molecule has 2 fully saturated rings. The maximum Gasteiger partial charge on any atom is 0.272 e. The van der Waals surface area contributed by atoms with E-state index in [9.17, 15) is 4.79 Å². The number of hydrogen-bond donors (Lipinski definition) is 0. The third kappa shape index (κ3) is 3.21. The van der Waals surface area contributed by atoms with Gasteiger partial charge in [0.1, 0.15) is 12.0 Å². The van der Waals surface area contributed by atoms with Gasteiger partial charge in [-0.2, -0.15) is 0 Å². The van der Waals surface area contributed by atoms with E-state index in [1.54, 1.807) is 18.5 Å². The average Bonchev–Trinajstić information content (AvgIpc) is 3.21. The summed E-state index contributed by atoms with van der Waals surface area (Å²) in [6.07, 6.45) is 10.2. The number of amides is 1. The number of rotatable bonds is 5. The predicted molar refractivity (Wildman–Crippen MR) is 96.3 cm³/mol. The zero-order chi connectivity index (χ0) is 18.0. The van der Waals surface area contributed by atoms with Gasteiger partial charge in [0.05, 0.1) is 13.2 Å². The average molecular weight is 352 g/mol. The Morgan fingerprint density at radius 2 is 2.23 bits per heavy atom. The van der Waals surface area contributed by atoms with Gasteiger partial charge in [0, 0.05) is 37.1 Å². The highest BCUT2D eigenvalue weighted by molar-refractivity contribution is 5.92. The van der Waals surface area contributed by atoms with Gasteiger partial charge in [-0.15, -0.1) is 0 Å². The van der Waals surface area contributed by atoms with Gasteiger partial charge in [-0.3, -0.25) is 9.78 Å². The van der Waals surface area contributed by atoms with Crippen LogP contribution in [0.15, 0.2) is 37.1 Å². The first-order valence-corrected chi connectivity index (χ1v) is 9.20. The molecule has 0 unspecified atom stereocenters. The van der Waals surface area contributed by atoms with E-state index in [0.717, 1.165) is 25.1 Å². The molecule has 2 aromatic rings. The van der Waals surface area contributed by atoms with E-state index in [1.165, 1.54) is 24.7 Å². The Morgan fingerprint density at radius 1 is 1.35 bits per heavy atom. The Hall–Kier alpha value is -2.34. The monoisotopic (exact) mass is 352 g/mol. The second-order valence-corrected chi connectivity index (χ2v) is 7.53. The van der Waals surface area contributed by atoms with Gasteiger partial charge in [-0.05, 0) is 48.9 Å². The summed E-state index contributed by atoms with van der Waals surface area (Å²) in [5, 5.41) is 0. The fourth-order valence-corrected chi connectivity index (χ4v) is 4.40. The molecule has 0 aromatic carbocycles. The predicted octanol–water partition coefficient (Wildman–Crippen LogP) is 2.64. The molecule has 2 aliphatic rings.